The van der Waals surface area contributed by atoms with Gasteiger partial charge < -0.3 is 28.8 Å². The molecule has 1 aliphatic heterocycles. The number of terminal acetylenes is 1. The standard InChI is InChI=1S/C38H38O7/c1-2-38(40,28-39)37-36(44-26-32-21-13-6-14-22-32)35(43-25-31-19-11-5-12-20-31)34(42-24-30-17-9-4-10-18-30)33(45-37)27-41-23-29-15-7-3-8-16-29/h1,3-22,28,33-37,40H,23-27H2/t33-,34-,35+,36-,37-,38+/m1/s1. The summed E-state index contributed by atoms with van der Waals surface area (Å²) in [5.74, 6) is 2.24. The largest absolute Gasteiger partial charge is 0.374 e. The molecule has 45 heavy (non-hydrogen) atoms. The van der Waals surface area contributed by atoms with Crippen LogP contribution in [0.1, 0.15) is 22.3 Å². The Hall–Kier alpha value is -4.13. The van der Waals surface area contributed by atoms with Crippen LogP contribution in [0.2, 0.25) is 0 Å². The summed E-state index contributed by atoms with van der Waals surface area (Å²) in [6.45, 7) is 1.06. The second-order valence-corrected chi connectivity index (χ2v) is 11.0. The summed E-state index contributed by atoms with van der Waals surface area (Å²) < 4.78 is 32.2. The molecule has 1 saturated heterocycles. The van der Waals surface area contributed by atoms with Gasteiger partial charge in [0.25, 0.3) is 0 Å². The average molecular weight is 607 g/mol. The van der Waals surface area contributed by atoms with Gasteiger partial charge in [0.2, 0.25) is 5.60 Å². The Balaban J connectivity index is 1.49. The normalized spacial score (nSPS) is 22.6. The second kappa shape index (κ2) is 16.3. The summed E-state index contributed by atoms with van der Waals surface area (Å²) in [4.78, 5) is 12.3. The van der Waals surface area contributed by atoms with Crippen molar-refractivity contribution in [2.75, 3.05) is 6.61 Å². The molecule has 0 spiro atoms. The van der Waals surface area contributed by atoms with Crippen LogP contribution >= 0.6 is 0 Å². The highest BCUT2D eigenvalue weighted by Gasteiger charge is 2.55. The van der Waals surface area contributed by atoms with Crippen LogP contribution in [-0.2, 0) is 54.9 Å². The first kappa shape index (κ1) is 32.3. The Bertz CT molecular complexity index is 1480. The predicted molar refractivity (Wildman–Crippen MR) is 170 cm³/mol. The van der Waals surface area contributed by atoms with Crippen LogP contribution in [0.5, 0.6) is 0 Å². The third-order valence-electron chi connectivity index (χ3n) is 7.73. The molecule has 232 valence electrons. The van der Waals surface area contributed by atoms with Crippen molar-refractivity contribution in [3.63, 3.8) is 0 Å². The van der Waals surface area contributed by atoms with E-state index in [0.717, 1.165) is 22.3 Å². The van der Waals surface area contributed by atoms with E-state index in [9.17, 15) is 9.90 Å². The van der Waals surface area contributed by atoms with Gasteiger partial charge in [-0.2, -0.15) is 0 Å². The Morgan fingerprint density at radius 2 is 1.04 bits per heavy atom. The van der Waals surface area contributed by atoms with E-state index in [1.165, 1.54) is 0 Å². The van der Waals surface area contributed by atoms with Crippen molar-refractivity contribution in [1.82, 2.24) is 0 Å². The Morgan fingerprint density at radius 1 is 0.644 bits per heavy atom. The third-order valence-corrected chi connectivity index (χ3v) is 7.73. The van der Waals surface area contributed by atoms with E-state index in [1.54, 1.807) is 0 Å². The lowest BCUT2D eigenvalue weighted by Crippen LogP contribution is -2.67. The molecule has 0 unspecified atom stereocenters. The quantitative estimate of drug-likeness (QED) is 0.145. The van der Waals surface area contributed by atoms with Gasteiger partial charge in [-0.15, -0.1) is 6.42 Å². The number of carbonyl (C=O) groups excluding carboxylic acids is 1. The molecule has 1 N–H and O–H groups in total. The van der Waals surface area contributed by atoms with Crippen molar-refractivity contribution in [2.24, 2.45) is 0 Å². The zero-order valence-corrected chi connectivity index (χ0v) is 25.0. The maximum absolute atomic E-state index is 12.3. The van der Waals surface area contributed by atoms with Crippen molar-refractivity contribution in [2.45, 2.75) is 62.5 Å². The van der Waals surface area contributed by atoms with Crippen LogP contribution in [0.4, 0.5) is 0 Å². The van der Waals surface area contributed by atoms with Crippen LogP contribution in [0, 0.1) is 12.3 Å². The maximum Gasteiger partial charge on any atom is 0.210 e. The summed E-state index contributed by atoms with van der Waals surface area (Å²) in [5, 5.41) is 11.4. The summed E-state index contributed by atoms with van der Waals surface area (Å²) in [6.07, 6.45) is 1.53. The first-order chi connectivity index (χ1) is 22.1. The van der Waals surface area contributed by atoms with Crippen molar-refractivity contribution in [3.05, 3.63) is 144 Å². The number of aldehydes is 1. The number of hydrogen-bond acceptors (Lipinski definition) is 7. The lowest BCUT2D eigenvalue weighted by Gasteiger charge is -2.48. The molecular weight excluding hydrogens is 568 g/mol. The summed E-state index contributed by atoms with van der Waals surface area (Å²) in [7, 11) is 0. The molecule has 4 aromatic carbocycles. The highest BCUT2D eigenvalue weighted by atomic mass is 16.6. The van der Waals surface area contributed by atoms with Gasteiger partial charge in [0, 0.05) is 0 Å². The van der Waals surface area contributed by atoms with Gasteiger partial charge in [0.15, 0.2) is 6.29 Å². The summed E-state index contributed by atoms with van der Waals surface area (Å²) in [6, 6.07) is 38.8. The number of rotatable bonds is 15. The Morgan fingerprint density at radius 3 is 1.47 bits per heavy atom. The first-order valence-corrected chi connectivity index (χ1v) is 15.0. The average Bonchev–Trinajstić information content (AvgIpc) is 3.10. The van der Waals surface area contributed by atoms with Gasteiger partial charge >= 0.3 is 0 Å². The molecular formula is C38H38O7. The zero-order valence-electron chi connectivity index (χ0n) is 25.0. The van der Waals surface area contributed by atoms with Crippen LogP contribution in [0.3, 0.4) is 0 Å². The molecule has 0 radical (unpaired) electrons. The molecule has 1 aliphatic rings. The molecule has 0 aliphatic carbocycles. The summed E-state index contributed by atoms with van der Waals surface area (Å²) in [5.41, 5.74) is 1.48. The lowest BCUT2D eigenvalue weighted by molar-refractivity contribution is -0.290. The fraction of sp³-hybridized carbons (Fsp3) is 0.289. The van der Waals surface area contributed by atoms with E-state index >= 15 is 0 Å². The van der Waals surface area contributed by atoms with Crippen molar-refractivity contribution in [1.29, 1.82) is 0 Å². The fourth-order valence-electron chi connectivity index (χ4n) is 5.33. The van der Waals surface area contributed by atoms with Gasteiger partial charge in [0.05, 0.1) is 33.0 Å². The van der Waals surface area contributed by atoms with Crippen LogP contribution in [0.25, 0.3) is 0 Å². The predicted octanol–water partition coefficient (Wildman–Crippen LogP) is 5.29. The molecule has 6 atom stereocenters. The number of ether oxygens (including phenoxy) is 5. The molecule has 1 fully saturated rings. The highest BCUT2D eigenvalue weighted by Crippen LogP contribution is 2.35. The van der Waals surface area contributed by atoms with E-state index in [0.29, 0.717) is 12.9 Å². The molecule has 7 nitrogen and oxygen atoms in total. The highest BCUT2D eigenvalue weighted by molar-refractivity contribution is 5.69. The fourth-order valence-corrected chi connectivity index (χ4v) is 5.33. The van der Waals surface area contributed by atoms with Crippen molar-refractivity contribution >= 4 is 6.29 Å². The number of carbonyl (C=O) groups is 1. The molecule has 7 heteroatoms. The van der Waals surface area contributed by atoms with Gasteiger partial charge in [-0.25, -0.2) is 0 Å². The molecule has 0 bridgehead atoms. The van der Waals surface area contributed by atoms with Gasteiger partial charge in [-0.05, 0) is 22.3 Å². The monoisotopic (exact) mass is 606 g/mol. The van der Waals surface area contributed by atoms with E-state index in [-0.39, 0.29) is 26.4 Å². The van der Waals surface area contributed by atoms with E-state index in [2.05, 4.69) is 5.92 Å². The number of hydrogen-bond donors (Lipinski definition) is 1. The van der Waals surface area contributed by atoms with E-state index < -0.39 is 36.1 Å². The third kappa shape index (κ3) is 8.74. The van der Waals surface area contributed by atoms with Gasteiger partial charge in [0.1, 0.15) is 30.5 Å². The minimum absolute atomic E-state index is 0.0843. The molecule has 5 rings (SSSR count). The summed E-state index contributed by atoms with van der Waals surface area (Å²) >= 11 is 0. The van der Waals surface area contributed by atoms with Crippen LogP contribution < -0.4 is 0 Å². The number of aliphatic hydroxyl groups is 1. The Labute approximate surface area is 264 Å². The van der Waals surface area contributed by atoms with E-state index in [1.807, 2.05) is 121 Å². The smallest absolute Gasteiger partial charge is 0.210 e. The molecule has 0 saturated carbocycles. The zero-order chi connectivity index (χ0) is 31.3. The lowest BCUT2D eigenvalue weighted by atomic mass is 9.85. The minimum atomic E-state index is -2.29. The Kier molecular flexibility index (Phi) is 11.7. The molecule has 1 heterocycles. The number of benzene rings is 4. The first-order valence-electron chi connectivity index (χ1n) is 15.0. The van der Waals surface area contributed by atoms with Crippen molar-refractivity contribution < 1.29 is 33.6 Å². The SMILES string of the molecule is C#C[C@](O)(C=O)[C@@H]1O[C@H](COCc2ccccc2)[C@@H](OCc2ccccc2)[C@H](OCc2ccccc2)[C@H]1OCc1ccccc1. The molecule has 0 amide bonds. The second-order valence-electron chi connectivity index (χ2n) is 11.0. The molecule has 0 aromatic heterocycles. The van der Waals surface area contributed by atoms with Crippen LogP contribution in [-0.4, -0.2) is 54.1 Å². The van der Waals surface area contributed by atoms with Gasteiger partial charge in [-0.1, -0.05) is 127 Å². The van der Waals surface area contributed by atoms with Crippen LogP contribution in [0.15, 0.2) is 121 Å². The van der Waals surface area contributed by atoms with Gasteiger partial charge in [-0.3, -0.25) is 4.79 Å². The topological polar surface area (TPSA) is 83.5 Å². The van der Waals surface area contributed by atoms with E-state index in [4.69, 9.17) is 30.1 Å². The van der Waals surface area contributed by atoms with Crippen molar-refractivity contribution in [3.8, 4) is 12.3 Å². The maximum atomic E-state index is 12.3. The minimum Gasteiger partial charge on any atom is -0.374 e. The molecule has 4 aromatic rings.